The summed E-state index contributed by atoms with van der Waals surface area (Å²) in [4.78, 5) is 12.4. The fourth-order valence-corrected chi connectivity index (χ4v) is 3.17. The van der Waals surface area contributed by atoms with Gasteiger partial charge < -0.3 is 11.1 Å². The first kappa shape index (κ1) is 23.8. The summed E-state index contributed by atoms with van der Waals surface area (Å²) in [5.74, 6) is 0. The minimum absolute atomic E-state index is 0.204. The van der Waals surface area contributed by atoms with Crippen LogP contribution in [0.25, 0.3) is 0 Å². The van der Waals surface area contributed by atoms with Gasteiger partial charge in [-0.25, -0.2) is 4.98 Å². The average Bonchev–Trinajstić information content (AvgIpc) is 3.30. The number of amides is 1. The lowest BCUT2D eigenvalue weighted by Crippen LogP contribution is -2.14. The van der Waals surface area contributed by atoms with Crippen LogP contribution in [0.2, 0.25) is 0 Å². The number of carbonyl (C=O) groups is 1. The van der Waals surface area contributed by atoms with Gasteiger partial charge in [-0.05, 0) is 56.7 Å². The predicted octanol–water partition coefficient (Wildman–Crippen LogP) is 2.91. The Morgan fingerprint density at radius 3 is 2.46 bits per heavy atom. The highest BCUT2D eigenvalue weighted by molar-refractivity contribution is 7.97. The van der Waals surface area contributed by atoms with Gasteiger partial charge in [0.1, 0.15) is 10.7 Å². The van der Waals surface area contributed by atoms with Crippen molar-refractivity contribution >= 4 is 24.0 Å². The van der Waals surface area contributed by atoms with Gasteiger partial charge >= 0.3 is 6.18 Å². The van der Waals surface area contributed by atoms with Gasteiger partial charge in [0.05, 0.1) is 0 Å². The molecular weight excluding hydrogens is 393 g/mol. The minimum Gasteiger partial charge on any atom is -0.388 e. The predicted molar refractivity (Wildman–Crippen MR) is 104 cm³/mol. The molecule has 0 saturated carbocycles. The number of nitrogens with two attached hydrogens (primary N) is 2. The van der Waals surface area contributed by atoms with E-state index in [0.29, 0.717) is 17.8 Å². The molecule has 3 rings (SSSR count). The van der Waals surface area contributed by atoms with E-state index in [1.54, 1.807) is 7.05 Å². The second-order valence-corrected chi connectivity index (χ2v) is 6.40. The molecule has 1 amide bonds. The second-order valence-electron chi connectivity index (χ2n) is 5.75. The number of anilines is 1. The van der Waals surface area contributed by atoms with Crippen molar-refractivity contribution in [2.24, 2.45) is 10.9 Å². The number of aryl methyl sites for hydroxylation is 2. The minimum atomic E-state index is -4.37. The summed E-state index contributed by atoms with van der Waals surface area (Å²) in [7, 11) is 1.65. The Kier molecular flexibility index (Phi) is 9.26. The Balaban J connectivity index is 0.000000276. The number of carbonyl (C=O) groups excluding carboxylic acids is 1. The summed E-state index contributed by atoms with van der Waals surface area (Å²) in [6, 6.07) is 1.90. The molecule has 0 saturated heterocycles. The number of hydrogen-bond donors (Lipinski definition) is 3. The van der Waals surface area contributed by atoms with Crippen LogP contribution in [-0.2, 0) is 30.4 Å². The van der Waals surface area contributed by atoms with Crippen LogP contribution in [0.3, 0.4) is 0 Å². The molecule has 28 heavy (non-hydrogen) atoms. The number of nitrogens with zero attached hydrogens (tertiary/aromatic N) is 3. The average molecular weight is 418 g/mol. The van der Waals surface area contributed by atoms with E-state index >= 15 is 0 Å². The Bertz CT molecular complexity index is 760. The maximum absolute atomic E-state index is 12.7. The lowest BCUT2D eigenvalue weighted by atomic mass is 10.1. The number of fused-ring (bicyclic) bond motifs is 1. The first-order valence-electron chi connectivity index (χ1n) is 8.56. The Hall–Kier alpha value is -2.27. The van der Waals surface area contributed by atoms with E-state index in [1.807, 2.05) is 23.9 Å². The van der Waals surface area contributed by atoms with Crippen LogP contribution in [-0.4, -0.2) is 28.2 Å². The van der Waals surface area contributed by atoms with Gasteiger partial charge in [-0.1, -0.05) is 0 Å². The van der Waals surface area contributed by atoms with E-state index in [-0.39, 0.29) is 12.0 Å². The quantitative estimate of drug-likeness (QED) is 0.522. The molecule has 1 aliphatic rings. The molecule has 2 aromatic rings. The van der Waals surface area contributed by atoms with Gasteiger partial charge in [0.2, 0.25) is 6.41 Å². The van der Waals surface area contributed by atoms with Gasteiger partial charge in [-0.2, -0.15) is 18.3 Å². The van der Waals surface area contributed by atoms with Crippen molar-refractivity contribution in [2.75, 3.05) is 12.4 Å². The number of aromatic nitrogens is 3. The molecule has 0 aliphatic heterocycles. The summed E-state index contributed by atoms with van der Waals surface area (Å²) in [6.07, 6.45) is 0.144. The van der Waals surface area contributed by atoms with Gasteiger partial charge in [0, 0.05) is 36.7 Å². The van der Waals surface area contributed by atoms with Crippen molar-refractivity contribution in [3.63, 3.8) is 0 Å². The molecule has 2 aromatic heterocycles. The summed E-state index contributed by atoms with van der Waals surface area (Å²) in [5.41, 5.74) is 5.78. The van der Waals surface area contributed by atoms with E-state index in [4.69, 9.17) is 9.93 Å². The third-order valence-electron chi connectivity index (χ3n) is 4.05. The van der Waals surface area contributed by atoms with Crippen LogP contribution in [0.1, 0.15) is 35.9 Å². The number of primary amides is 1. The molecule has 11 heteroatoms. The molecule has 1 aliphatic carbocycles. The Morgan fingerprint density at radius 2 is 2.04 bits per heavy atom. The Morgan fingerprint density at radius 1 is 1.39 bits per heavy atom. The standard InChI is InChI=1S/C11H13F3N2.C5H9N3S.CH3NO/c1-6-9(15-2)7-4-3-5-8(7)16-10(6)11(12,13)14;1-2-8-4-3-5(7-8)9-6;2-1-3/h3-5H2,1-2H3,(H,15,16);3-4H,2,6H2,1H3;1H,(H2,2,3). The van der Waals surface area contributed by atoms with Gasteiger partial charge in [-0.15, -0.1) is 0 Å². The monoisotopic (exact) mass is 418 g/mol. The molecule has 0 unspecified atom stereocenters. The lowest BCUT2D eigenvalue weighted by Gasteiger charge is -2.16. The number of nitrogens with one attached hydrogen (secondary N) is 1. The molecule has 156 valence electrons. The third kappa shape index (κ3) is 6.13. The van der Waals surface area contributed by atoms with Crippen LogP contribution >= 0.6 is 11.9 Å². The first-order chi connectivity index (χ1) is 13.2. The molecule has 0 atom stereocenters. The molecular formula is C17H25F3N6OS. The van der Waals surface area contributed by atoms with Crippen molar-refractivity contribution in [3.8, 4) is 0 Å². The maximum atomic E-state index is 12.7. The third-order valence-corrected chi connectivity index (χ3v) is 4.51. The normalized spacial score (nSPS) is 12.2. The summed E-state index contributed by atoms with van der Waals surface area (Å²) in [5, 5.41) is 13.1. The van der Waals surface area contributed by atoms with E-state index in [0.717, 1.165) is 30.0 Å². The van der Waals surface area contributed by atoms with Crippen LogP contribution in [0, 0.1) is 6.92 Å². The number of alkyl halides is 3. The zero-order valence-electron chi connectivity index (χ0n) is 16.0. The molecule has 7 nitrogen and oxygen atoms in total. The lowest BCUT2D eigenvalue weighted by molar-refractivity contribution is -0.141. The molecule has 5 N–H and O–H groups in total. The van der Waals surface area contributed by atoms with Crippen molar-refractivity contribution in [3.05, 3.63) is 34.8 Å². The van der Waals surface area contributed by atoms with Crippen molar-refractivity contribution in [1.29, 1.82) is 0 Å². The molecule has 0 radical (unpaired) electrons. The van der Waals surface area contributed by atoms with Gasteiger partial charge in [0.25, 0.3) is 0 Å². The number of hydrogen-bond acceptors (Lipinski definition) is 6. The van der Waals surface area contributed by atoms with E-state index in [1.165, 1.54) is 18.9 Å². The molecule has 0 bridgehead atoms. The molecule has 0 spiro atoms. The smallest absolute Gasteiger partial charge is 0.388 e. The van der Waals surface area contributed by atoms with Crippen LogP contribution in [0.4, 0.5) is 18.9 Å². The second kappa shape index (κ2) is 10.9. The fourth-order valence-electron chi connectivity index (χ4n) is 2.88. The number of pyridine rings is 1. The zero-order valence-corrected chi connectivity index (χ0v) is 16.8. The highest BCUT2D eigenvalue weighted by Gasteiger charge is 2.37. The maximum Gasteiger partial charge on any atom is 0.433 e. The zero-order chi connectivity index (χ0) is 21.3. The van der Waals surface area contributed by atoms with Crippen LogP contribution in [0.5, 0.6) is 0 Å². The van der Waals surface area contributed by atoms with Gasteiger partial charge in [0.15, 0.2) is 0 Å². The largest absolute Gasteiger partial charge is 0.433 e. The van der Waals surface area contributed by atoms with Crippen LogP contribution in [0.15, 0.2) is 17.3 Å². The number of rotatable bonds is 3. The Labute approximate surface area is 166 Å². The summed E-state index contributed by atoms with van der Waals surface area (Å²) < 4.78 is 40.1. The SMILES string of the molecule is CCn1ccc(SN)n1.CNc1c(C)c(C(F)(F)F)nc2c1CCC2.NC=O. The van der Waals surface area contributed by atoms with E-state index in [2.05, 4.69) is 21.1 Å². The highest BCUT2D eigenvalue weighted by atomic mass is 32.2. The van der Waals surface area contributed by atoms with Crippen molar-refractivity contribution in [2.45, 2.75) is 50.9 Å². The fraction of sp³-hybridized carbons (Fsp3) is 0.471. The van der Waals surface area contributed by atoms with Crippen molar-refractivity contribution in [1.82, 2.24) is 14.8 Å². The van der Waals surface area contributed by atoms with Gasteiger partial charge in [-0.3, -0.25) is 14.6 Å². The van der Waals surface area contributed by atoms with E-state index < -0.39 is 11.9 Å². The van der Waals surface area contributed by atoms with E-state index in [9.17, 15) is 13.2 Å². The summed E-state index contributed by atoms with van der Waals surface area (Å²) >= 11 is 1.17. The molecule has 2 heterocycles. The first-order valence-corrected chi connectivity index (χ1v) is 9.44. The highest BCUT2D eigenvalue weighted by Crippen LogP contribution is 2.38. The molecule has 0 fully saturated rings. The topological polar surface area (TPSA) is 112 Å². The van der Waals surface area contributed by atoms with Crippen LogP contribution < -0.4 is 16.2 Å². The molecule has 0 aromatic carbocycles. The number of halogens is 3. The van der Waals surface area contributed by atoms with Crippen molar-refractivity contribution < 1.29 is 18.0 Å². The summed E-state index contributed by atoms with van der Waals surface area (Å²) in [6.45, 7) is 4.42.